The van der Waals surface area contributed by atoms with Crippen molar-refractivity contribution < 1.29 is 9.85 Å². The van der Waals surface area contributed by atoms with Crippen LogP contribution in [0.4, 0.5) is 17.1 Å². The van der Waals surface area contributed by atoms with E-state index in [2.05, 4.69) is 10.6 Å². The highest BCUT2D eigenvalue weighted by Gasteiger charge is 2.18. The molecule has 0 radical (unpaired) electrons. The van der Waals surface area contributed by atoms with Crippen LogP contribution in [0.2, 0.25) is 0 Å². The molecule has 9 heteroatoms. The molecule has 0 fully saturated rings. The molecule has 2 aromatic rings. The summed E-state index contributed by atoms with van der Waals surface area (Å²) in [7, 11) is 0. The molecule has 0 atom stereocenters. The van der Waals surface area contributed by atoms with E-state index < -0.39 is 9.85 Å². The van der Waals surface area contributed by atoms with E-state index in [1.165, 1.54) is 12.1 Å². The van der Waals surface area contributed by atoms with Crippen molar-refractivity contribution in [1.82, 2.24) is 5.32 Å². The first-order valence-corrected chi connectivity index (χ1v) is 7.40. The third kappa shape index (κ3) is 4.71. The van der Waals surface area contributed by atoms with Crippen molar-refractivity contribution in [2.45, 2.75) is 6.42 Å². The van der Waals surface area contributed by atoms with E-state index in [9.17, 15) is 20.2 Å². The van der Waals surface area contributed by atoms with E-state index in [1.807, 2.05) is 30.3 Å². The van der Waals surface area contributed by atoms with Gasteiger partial charge in [0, 0.05) is 23.9 Å². The summed E-state index contributed by atoms with van der Waals surface area (Å²) in [5.41, 5.74) is 0.657. The Morgan fingerprint density at radius 2 is 1.75 bits per heavy atom. The topological polar surface area (TPSA) is 110 Å². The molecular formula is C15H14N4O4S. The number of thiocarbonyl (C=S) groups is 1. The Bertz CT molecular complexity index is 767. The van der Waals surface area contributed by atoms with Crippen LogP contribution in [0.1, 0.15) is 5.56 Å². The highest BCUT2D eigenvalue weighted by molar-refractivity contribution is 7.80. The molecule has 0 aliphatic heterocycles. The van der Waals surface area contributed by atoms with Crippen LogP contribution in [-0.4, -0.2) is 21.5 Å². The maximum Gasteiger partial charge on any atom is 0.279 e. The molecule has 0 saturated carbocycles. The monoisotopic (exact) mass is 346 g/mol. The minimum Gasteiger partial charge on any atom is -0.362 e. The number of nitro benzene ring substituents is 2. The Hall–Kier alpha value is -3.07. The molecule has 8 nitrogen and oxygen atoms in total. The van der Waals surface area contributed by atoms with Crippen LogP contribution in [0.3, 0.4) is 0 Å². The van der Waals surface area contributed by atoms with Gasteiger partial charge in [0.25, 0.3) is 11.4 Å². The van der Waals surface area contributed by atoms with Crippen molar-refractivity contribution in [2.24, 2.45) is 0 Å². The number of non-ortho nitro benzene ring substituents is 1. The average Bonchev–Trinajstić information content (AvgIpc) is 2.55. The Labute approximate surface area is 142 Å². The van der Waals surface area contributed by atoms with Gasteiger partial charge in [0.15, 0.2) is 5.11 Å². The fraction of sp³-hybridized carbons (Fsp3) is 0.133. The minimum absolute atomic E-state index is 0.270. The zero-order valence-electron chi connectivity index (χ0n) is 12.5. The largest absolute Gasteiger partial charge is 0.362 e. The number of anilines is 1. The molecule has 0 aromatic heterocycles. The fourth-order valence-corrected chi connectivity index (χ4v) is 2.27. The highest BCUT2D eigenvalue weighted by atomic mass is 32.1. The zero-order valence-corrected chi connectivity index (χ0v) is 13.3. The Balaban J connectivity index is 1.95. The SMILES string of the molecule is O=[N+]([O-])c1ccc(CCNC(=S)Nc2ccccc2)c([N+](=O)[O-])c1. The lowest BCUT2D eigenvalue weighted by molar-refractivity contribution is -0.394. The third-order valence-electron chi connectivity index (χ3n) is 3.19. The van der Waals surface area contributed by atoms with Gasteiger partial charge in [-0.15, -0.1) is 0 Å². The van der Waals surface area contributed by atoms with Crippen molar-refractivity contribution in [3.63, 3.8) is 0 Å². The number of hydrogen-bond donors (Lipinski definition) is 2. The van der Waals surface area contributed by atoms with Crippen molar-refractivity contribution in [3.8, 4) is 0 Å². The van der Waals surface area contributed by atoms with Gasteiger partial charge in [-0.05, 0) is 36.8 Å². The number of hydrogen-bond acceptors (Lipinski definition) is 5. The van der Waals surface area contributed by atoms with E-state index in [-0.39, 0.29) is 11.4 Å². The number of nitrogens with zero attached hydrogens (tertiary/aromatic N) is 2. The summed E-state index contributed by atoms with van der Waals surface area (Å²) in [6, 6.07) is 12.9. The molecule has 0 heterocycles. The number of nitro groups is 2. The van der Waals surface area contributed by atoms with Crippen LogP contribution >= 0.6 is 12.2 Å². The normalized spacial score (nSPS) is 10.0. The van der Waals surface area contributed by atoms with Gasteiger partial charge in [-0.2, -0.15) is 0 Å². The number of benzene rings is 2. The van der Waals surface area contributed by atoms with Crippen molar-refractivity contribution in [3.05, 3.63) is 74.3 Å². The second-order valence-electron chi connectivity index (χ2n) is 4.82. The number of para-hydroxylation sites is 1. The fourth-order valence-electron chi connectivity index (χ4n) is 2.05. The molecule has 0 amide bonds. The first kappa shape index (κ1) is 17.3. The third-order valence-corrected chi connectivity index (χ3v) is 3.43. The zero-order chi connectivity index (χ0) is 17.5. The van der Waals surface area contributed by atoms with Gasteiger partial charge in [-0.25, -0.2) is 0 Å². The lowest BCUT2D eigenvalue weighted by Crippen LogP contribution is -2.30. The molecule has 0 unspecified atom stereocenters. The second-order valence-corrected chi connectivity index (χ2v) is 5.23. The van der Waals surface area contributed by atoms with Crippen molar-refractivity contribution in [1.29, 1.82) is 0 Å². The van der Waals surface area contributed by atoms with Gasteiger partial charge >= 0.3 is 0 Å². The van der Waals surface area contributed by atoms with Crippen LogP contribution in [0.5, 0.6) is 0 Å². The van der Waals surface area contributed by atoms with E-state index in [0.29, 0.717) is 23.6 Å². The van der Waals surface area contributed by atoms with E-state index in [1.54, 1.807) is 0 Å². The van der Waals surface area contributed by atoms with Gasteiger partial charge < -0.3 is 10.6 Å². The van der Waals surface area contributed by atoms with Crippen LogP contribution < -0.4 is 10.6 Å². The first-order chi connectivity index (χ1) is 11.5. The molecule has 0 aliphatic rings. The quantitative estimate of drug-likeness (QED) is 0.470. The van der Waals surface area contributed by atoms with Gasteiger partial charge in [-0.1, -0.05) is 18.2 Å². The average molecular weight is 346 g/mol. The molecule has 0 saturated heterocycles. The number of rotatable bonds is 6. The van der Waals surface area contributed by atoms with Crippen LogP contribution in [0.15, 0.2) is 48.5 Å². The summed E-state index contributed by atoms with van der Waals surface area (Å²) in [6.45, 7) is 0.358. The molecule has 0 bridgehead atoms. The van der Waals surface area contributed by atoms with E-state index >= 15 is 0 Å². The minimum atomic E-state index is -0.659. The van der Waals surface area contributed by atoms with Crippen LogP contribution in [-0.2, 0) is 6.42 Å². The summed E-state index contributed by atoms with van der Waals surface area (Å²) in [6.07, 6.45) is 0.310. The molecule has 24 heavy (non-hydrogen) atoms. The lowest BCUT2D eigenvalue weighted by atomic mass is 10.1. The van der Waals surface area contributed by atoms with Gasteiger partial charge in [-0.3, -0.25) is 20.2 Å². The van der Waals surface area contributed by atoms with Crippen molar-refractivity contribution >= 4 is 34.4 Å². The smallest absolute Gasteiger partial charge is 0.279 e. The predicted molar refractivity (Wildman–Crippen MR) is 94.1 cm³/mol. The molecule has 0 aliphatic carbocycles. The van der Waals surface area contributed by atoms with E-state index in [0.717, 1.165) is 11.8 Å². The summed E-state index contributed by atoms with van der Waals surface area (Å²) in [5.74, 6) is 0. The molecular weight excluding hydrogens is 332 g/mol. The van der Waals surface area contributed by atoms with Gasteiger partial charge in [0.1, 0.15) is 0 Å². The predicted octanol–water partition coefficient (Wildman–Crippen LogP) is 3.03. The summed E-state index contributed by atoms with van der Waals surface area (Å²) >= 11 is 5.15. The van der Waals surface area contributed by atoms with Crippen LogP contribution in [0, 0.1) is 20.2 Å². The molecule has 2 aromatic carbocycles. The van der Waals surface area contributed by atoms with Crippen molar-refractivity contribution in [2.75, 3.05) is 11.9 Å². The highest BCUT2D eigenvalue weighted by Crippen LogP contribution is 2.24. The second kappa shape index (κ2) is 7.97. The summed E-state index contributed by atoms with van der Waals surface area (Å²) < 4.78 is 0. The molecule has 0 spiro atoms. The Morgan fingerprint density at radius 1 is 1.04 bits per heavy atom. The van der Waals surface area contributed by atoms with Crippen LogP contribution in [0.25, 0.3) is 0 Å². The molecule has 124 valence electrons. The number of nitrogens with one attached hydrogen (secondary N) is 2. The lowest BCUT2D eigenvalue weighted by Gasteiger charge is -2.10. The van der Waals surface area contributed by atoms with Gasteiger partial charge in [0.05, 0.1) is 15.9 Å². The summed E-state index contributed by atoms with van der Waals surface area (Å²) in [4.78, 5) is 20.5. The standard InChI is InChI=1S/C15H14N4O4S/c20-18(21)13-7-6-11(14(10-13)19(22)23)8-9-16-15(24)17-12-4-2-1-3-5-12/h1-7,10H,8-9H2,(H2,16,17,24). The summed E-state index contributed by atoms with van der Waals surface area (Å²) in [5, 5.41) is 28.1. The van der Waals surface area contributed by atoms with Gasteiger partial charge in [0.2, 0.25) is 0 Å². The molecule has 2 rings (SSSR count). The first-order valence-electron chi connectivity index (χ1n) is 6.99. The Kier molecular flexibility index (Phi) is 5.74. The maximum atomic E-state index is 11.1. The van der Waals surface area contributed by atoms with E-state index in [4.69, 9.17) is 12.2 Å². The Morgan fingerprint density at radius 3 is 2.38 bits per heavy atom. The maximum absolute atomic E-state index is 11.1. The molecule has 2 N–H and O–H groups in total.